The van der Waals surface area contributed by atoms with Gasteiger partial charge in [0.25, 0.3) is 0 Å². The van der Waals surface area contributed by atoms with Crippen LogP contribution in [0.5, 0.6) is 0 Å². The van der Waals surface area contributed by atoms with E-state index in [2.05, 4.69) is 106 Å². The van der Waals surface area contributed by atoms with Crippen LogP contribution in [0.25, 0.3) is 0 Å². The van der Waals surface area contributed by atoms with Gasteiger partial charge in [-0.1, -0.05) is 0 Å². The molecular formula is C20H44N8. The van der Waals surface area contributed by atoms with Crippen LogP contribution < -0.4 is 21.3 Å². The first-order chi connectivity index (χ1) is 13.0. The molecule has 4 N–H and O–H groups in total. The molecule has 0 aromatic rings. The molecular weight excluding hydrogens is 352 g/mol. The van der Waals surface area contributed by atoms with E-state index in [1.165, 1.54) is 0 Å². The summed E-state index contributed by atoms with van der Waals surface area (Å²) in [5, 5.41) is 13.4. The van der Waals surface area contributed by atoms with E-state index in [0.717, 1.165) is 13.0 Å². The van der Waals surface area contributed by atoms with Crippen LogP contribution in [0.4, 0.5) is 0 Å². The van der Waals surface area contributed by atoms with Gasteiger partial charge in [0.1, 0.15) is 0 Å². The number of hydrogen-bond acceptors (Lipinski definition) is 4. The van der Waals surface area contributed by atoms with Gasteiger partial charge in [-0.15, -0.1) is 0 Å². The van der Waals surface area contributed by atoms with Crippen molar-refractivity contribution in [1.82, 2.24) is 26.2 Å². The standard InChI is InChI=1S/C20H44N8/c1-14(2)22-19(23-15(3)4)26-18(21-12-11-13-28(9)10)27-20(24-16(5)6)25-17(7)8/h14-17H,11-13H2,1-10H3,(H4,21,22,23,24,25,26,27). The normalized spacial score (nSPS) is 13.0. The Morgan fingerprint density at radius 2 is 1.14 bits per heavy atom. The highest BCUT2D eigenvalue weighted by Crippen LogP contribution is 1.91. The van der Waals surface area contributed by atoms with Gasteiger partial charge in [-0.2, -0.15) is 0 Å². The third kappa shape index (κ3) is 15.2. The van der Waals surface area contributed by atoms with Crippen molar-refractivity contribution in [1.29, 1.82) is 0 Å². The smallest absolute Gasteiger partial charge is 0.204 e. The van der Waals surface area contributed by atoms with Crippen LogP contribution in [0.2, 0.25) is 0 Å². The Bertz CT molecular complexity index is 468. The monoisotopic (exact) mass is 396 g/mol. The van der Waals surface area contributed by atoms with E-state index in [1.54, 1.807) is 0 Å². The summed E-state index contributed by atoms with van der Waals surface area (Å²) in [5.41, 5.74) is 0. The lowest BCUT2D eigenvalue weighted by atomic mass is 10.4. The van der Waals surface area contributed by atoms with Gasteiger partial charge in [-0.05, 0) is 82.5 Å². The van der Waals surface area contributed by atoms with Gasteiger partial charge in [0.15, 0.2) is 11.9 Å². The number of nitrogens with zero attached hydrogens (tertiary/aromatic N) is 4. The van der Waals surface area contributed by atoms with Crippen molar-refractivity contribution >= 4 is 17.9 Å². The second-order valence-electron chi connectivity index (χ2n) is 8.38. The molecule has 0 fully saturated rings. The van der Waals surface area contributed by atoms with Crippen molar-refractivity contribution in [2.45, 2.75) is 86.0 Å². The molecule has 0 unspecified atom stereocenters. The van der Waals surface area contributed by atoms with Gasteiger partial charge < -0.3 is 15.5 Å². The van der Waals surface area contributed by atoms with Crippen LogP contribution in [0, 0.1) is 0 Å². The molecule has 0 spiro atoms. The minimum Gasteiger partial charge on any atom is -0.354 e. The number of hydrogen-bond donors (Lipinski definition) is 4. The molecule has 0 aliphatic rings. The van der Waals surface area contributed by atoms with Crippen LogP contribution >= 0.6 is 0 Å². The fourth-order valence-corrected chi connectivity index (χ4v) is 2.19. The molecule has 0 saturated heterocycles. The first kappa shape index (κ1) is 26.2. The van der Waals surface area contributed by atoms with Crippen molar-refractivity contribution in [3.8, 4) is 0 Å². The topological polar surface area (TPSA) is 88.4 Å². The molecule has 0 atom stereocenters. The van der Waals surface area contributed by atoms with E-state index in [4.69, 9.17) is 4.99 Å². The number of nitrogens with one attached hydrogen (secondary N) is 4. The Labute approximate surface area is 172 Å². The van der Waals surface area contributed by atoms with Crippen molar-refractivity contribution in [2.75, 3.05) is 27.2 Å². The summed E-state index contributed by atoms with van der Waals surface area (Å²) < 4.78 is 0. The third-order valence-corrected chi connectivity index (χ3v) is 3.13. The molecule has 0 bridgehead atoms. The summed E-state index contributed by atoms with van der Waals surface area (Å²) >= 11 is 0. The molecule has 0 rings (SSSR count). The van der Waals surface area contributed by atoms with E-state index < -0.39 is 0 Å². The number of guanidine groups is 3. The highest BCUT2D eigenvalue weighted by atomic mass is 15.3. The fraction of sp³-hybridized carbons (Fsp3) is 0.850. The Morgan fingerprint density at radius 1 is 0.714 bits per heavy atom. The van der Waals surface area contributed by atoms with Crippen molar-refractivity contribution in [2.24, 2.45) is 15.0 Å². The largest absolute Gasteiger partial charge is 0.354 e. The Morgan fingerprint density at radius 3 is 1.46 bits per heavy atom. The summed E-state index contributed by atoms with van der Waals surface area (Å²) in [7, 11) is 4.14. The lowest BCUT2D eigenvalue weighted by Crippen LogP contribution is -2.54. The fourth-order valence-electron chi connectivity index (χ4n) is 2.19. The van der Waals surface area contributed by atoms with Crippen molar-refractivity contribution in [3.63, 3.8) is 0 Å². The molecule has 0 aromatic heterocycles. The van der Waals surface area contributed by atoms with Crippen LogP contribution in [0.15, 0.2) is 15.0 Å². The van der Waals surface area contributed by atoms with E-state index in [1.807, 2.05) is 0 Å². The Balaban J connectivity index is 5.48. The van der Waals surface area contributed by atoms with Gasteiger partial charge >= 0.3 is 0 Å². The van der Waals surface area contributed by atoms with Crippen molar-refractivity contribution < 1.29 is 0 Å². The lowest BCUT2D eigenvalue weighted by Gasteiger charge is -2.21. The first-order valence-corrected chi connectivity index (χ1v) is 10.4. The van der Waals surface area contributed by atoms with Gasteiger partial charge in [0, 0.05) is 30.7 Å². The molecule has 0 saturated carbocycles. The SMILES string of the molecule is CC(C)N=C(NC(=NCCCN(C)C)NC(=NC(C)C)NC(C)C)NC(C)C. The van der Waals surface area contributed by atoms with E-state index >= 15 is 0 Å². The maximum atomic E-state index is 4.73. The summed E-state index contributed by atoms with van der Waals surface area (Å²) in [4.78, 5) is 16.2. The molecule has 164 valence electrons. The van der Waals surface area contributed by atoms with E-state index in [0.29, 0.717) is 24.4 Å². The second kappa shape index (κ2) is 14.2. The second-order valence-corrected chi connectivity index (χ2v) is 8.38. The van der Waals surface area contributed by atoms with Gasteiger partial charge in [0.2, 0.25) is 5.96 Å². The molecule has 8 heteroatoms. The first-order valence-electron chi connectivity index (χ1n) is 10.4. The summed E-state index contributed by atoms with van der Waals surface area (Å²) in [5.74, 6) is 2.05. The average molecular weight is 397 g/mol. The van der Waals surface area contributed by atoms with Gasteiger partial charge in [-0.25, -0.2) is 0 Å². The average Bonchev–Trinajstić information content (AvgIpc) is 2.48. The highest BCUT2D eigenvalue weighted by molar-refractivity contribution is 6.06. The van der Waals surface area contributed by atoms with Crippen LogP contribution in [-0.4, -0.2) is 74.1 Å². The van der Waals surface area contributed by atoms with Gasteiger partial charge in [-0.3, -0.25) is 25.6 Å². The van der Waals surface area contributed by atoms with Crippen LogP contribution in [0.1, 0.15) is 61.8 Å². The number of rotatable bonds is 8. The quantitative estimate of drug-likeness (QED) is 0.286. The van der Waals surface area contributed by atoms with E-state index in [9.17, 15) is 0 Å². The third-order valence-electron chi connectivity index (χ3n) is 3.13. The van der Waals surface area contributed by atoms with E-state index in [-0.39, 0.29) is 24.2 Å². The molecule has 0 aliphatic carbocycles. The molecule has 0 aliphatic heterocycles. The molecule has 0 aromatic carbocycles. The maximum Gasteiger partial charge on any atom is 0.204 e. The molecule has 0 heterocycles. The zero-order valence-corrected chi connectivity index (χ0v) is 19.7. The maximum absolute atomic E-state index is 4.73. The zero-order chi connectivity index (χ0) is 21.7. The Kier molecular flexibility index (Phi) is 13.3. The molecule has 28 heavy (non-hydrogen) atoms. The molecule has 0 amide bonds. The summed E-state index contributed by atoms with van der Waals surface area (Å²) in [6.45, 7) is 18.3. The lowest BCUT2D eigenvalue weighted by molar-refractivity contribution is 0.403. The van der Waals surface area contributed by atoms with Crippen LogP contribution in [0.3, 0.4) is 0 Å². The summed E-state index contributed by atoms with van der Waals surface area (Å²) in [6.07, 6.45) is 0.975. The minimum atomic E-state index is 0.168. The Hall–Kier alpha value is -1.83. The van der Waals surface area contributed by atoms with Crippen LogP contribution in [-0.2, 0) is 0 Å². The highest BCUT2D eigenvalue weighted by Gasteiger charge is 2.11. The number of aliphatic imine (C=N–C) groups is 3. The van der Waals surface area contributed by atoms with Crippen molar-refractivity contribution in [3.05, 3.63) is 0 Å². The predicted octanol–water partition coefficient (Wildman–Crippen LogP) is 2.00. The minimum absolute atomic E-state index is 0.168. The van der Waals surface area contributed by atoms with Gasteiger partial charge in [0.05, 0.1) is 0 Å². The predicted molar refractivity (Wildman–Crippen MR) is 123 cm³/mol. The molecule has 8 nitrogen and oxygen atoms in total. The zero-order valence-electron chi connectivity index (χ0n) is 19.7. The summed E-state index contributed by atoms with van der Waals surface area (Å²) in [6, 6.07) is 0.859. The molecule has 0 radical (unpaired) electrons.